The van der Waals surface area contributed by atoms with E-state index >= 15 is 0 Å². The molecule has 0 N–H and O–H groups in total. The summed E-state index contributed by atoms with van der Waals surface area (Å²) in [7, 11) is 1.61. The Morgan fingerprint density at radius 1 is 0.846 bits per heavy atom. The van der Waals surface area contributed by atoms with Gasteiger partial charge in [-0.1, -0.05) is 72.8 Å². The molecule has 0 aliphatic carbocycles. The van der Waals surface area contributed by atoms with Gasteiger partial charge < -0.3 is 4.74 Å². The topological polar surface area (TPSA) is 51.0 Å². The minimum Gasteiger partial charge on any atom is -0.497 e. The molecular weight excluding hydrogens is 324 g/mol. The summed E-state index contributed by atoms with van der Waals surface area (Å²) >= 11 is 0. The van der Waals surface area contributed by atoms with E-state index in [9.17, 15) is 4.79 Å². The van der Waals surface area contributed by atoms with Gasteiger partial charge in [0.15, 0.2) is 0 Å². The summed E-state index contributed by atoms with van der Waals surface area (Å²) in [6.45, 7) is 0. The number of ether oxygens (including phenoxy) is 1. The van der Waals surface area contributed by atoms with Gasteiger partial charge in [-0.15, -0.1) is 5.10 Å². The highest BCUT2D eigenvalue weighted by atomic mass is 16.5. The minimum atomic E-state index is -0.167. The number of ketones is 1. The van der Waals surface area contributed by atoms with Crippen LogP contribution >= 0.6 is 0 Å². The van der Waals surface area contributed by atoms with E-state index < -0.39 is 0 Å². The highest BCUT2D eigenvalue weighted by Crippen LogP contribution is 2.12. The first-order valence-corrected chi connectivity index (χ1v) is 8.18. The van der Waals surface area contributed by atoms with Gasteiger partial charge in [-0.3, -0.25) is 4.79 Å². The Balaban J connectivity index is 1.94. The molecule has 128 valence electrons. The molecule has 3 aromatic carbocycles. The van der Waals surface area contributed by atoms with E-state index in [0.29, 0.717) is 11.3 Å². The summed E-state index contributed by atoms with van der Waals surface area (Å²) in [5.41, 5.74) is 2.44. The van der Waals surface area contributed by atoms with Crippen LogP contribution in [0, 0.1) is 0 Å². The molecule has 0 saturated carbocycles. The van der Waals surface area contributed by atoms with Crippen LogP contribution in [0.2, 0.25) is 0 Å². The van der Waals surface area contributed by atoms with E-state index in [4.69, 9.17) is 4.74 Å². The van der Waals surface area contributed by atoms with E-state index in [-0.39, 0.29) is 5.78 Å². The lowest BCUT2D eigenvalue weighted by atomic mass is 10.0. The second-order valence-electron chi connectivity index (χ2n) is 5.53. The molecule has 0 amide bonds. The number of carbonyl (C=O) groups excluding carboxylic acids is 1. The number of hydrogen-bond donors (Lipinski definition) is 0. The van der Waals surface area contributed by atoms with Gasteiger partial charge in [-0.05, 0) is 17.7 Å². The van der Waals surface area contributed by atoms with Crippen molar-refractivity contribution in [1.82, 2.24) is 0 Å². The molecule has 4 heteroatoms. The van der Waals surface area contributed by atoms with Gasteiger partial charge >= 0.3 is 0 Å². The van der Waals surface area contributed by atoms with Crippen LogP contribution in [0.4, 0.5) is 0 Å². The van der Waals surface area contributed by atoms with Crippen molar-refractivity contribution < 1.29 is 9.53 Å². The zero-order valence-electron chi connectivity index (χ0n) is 14.4. The number of hydrogen-bond acceptors (Lipinski definition) is 4. The summed E-state index contributed by atoms with van der Waals surface area (Å²) in [4.78, 5) is 12.9. The van der Waals surface area contributed by atoms with Gasteiger partial charge in [-0.25, -0.2) is 0 Å². The van der Waals surface area contributed by atoms with Crippen molar-refractivity contribution in [1.29, 1.82) is 0 Å². The molecule has 3 aromatic rings. The van der Waals surface area contributed by atoms with Crippen LogP contribution in [0.5, 0.6) is 5.75 Å². The molecule has 0 aliphatic rings. The molecule has 0 radical (unpaired) electrons. The first-order chi connectivity index (χ1) is 12.8. The number of methoxy groups -OCH3 is 1. The molecule has 0 fully saturated rings. The van der Waals surface area contributed by atoms with Gasteiger partial charge in [-0.2, -0.15) is 5.10 Å². The van der Waals surface area contributed by atoms with Gasteiger partial charge in [0.2, 0.25) is 5.78 Å². The summed E-state index contributed by atoms with van der Waals surface area (Å²) < 4.78 is 5.20. The molecule has 26 heavy (non-hydrogen) atoms. The Kier molecular flexibility index (Phi) is 5.68. The Bertz CT molecular complexity index is 933. The first-order valence-electron chi connectivity index (χ1n) is 8.18. The fourth-order valence-corrected chi connectivity index (χ4v) is 2.43. The normalized spacial score (nSPS) is 11.5. The first kappa shape index (κ1) is 17.3. The van der Waals surface area contributed by atoms with Gasteiger partial charge in [0, 0.05) is 11.1 Å². The molecule has 0 unspecified atom stereocenters. The van der Waals surface area contributed by atoms with Crippen LogP contribution in [-0.2, 0) is 0 Å². The van der Waals surface area contributed by atoms with Crippen LogP contribution < -0.4 is 4.74 Å². The van der Waals surface area contributed by atoms with E-state index in [1.807, 2.05) is 72.8 Å². The number of Topliss-reactive ketones (excluding diaryl/α,β-unsaturated/α-hetero) is 1. The summed E-state index contributed by atoms with van der Waals surface area (Å²) in [6, 6.07) is 25.9. The maximum Gasteiger partial charge on any atom is 0.213 e. The molecule has 0 heterocycles. The Morgan fingerprint density at radius 2 is 1.50 bits per heavy atom. The van der Waals surface area contributed by atoms with Crippen molar-refractivity contribution in [2.75, 3.05) is 7.11 Å². The minimum absolute atomic E-state index is 0.167. The quantitative estimate of drug-likeness (QED) is 0.379. The Hall–Kier alpha value is -3.53. The predicted molar refractivity (Wildman–Crippen MR) is 104 cm³/mol. The van der Waals surface area contributed by atoms with Crippen molar-refractivity contribution in [3.8, 4) is 5.75 Å². The molecule has 0 aromatic heterocycles. The fourth-order valence-electron chi connectivity index (χ4n) is 2.43. The zero-order chi connectivity index (χ0) is 18.2. The summed E-state index contributed by atoms with van der Waals surface area (Å²) in [5.74, 6) is 0.571. The van der Waals surface area contributed by atoms with E-state index in [1.165, 1.54) is 0 Å². The second kappa shape index (κ2) is 8.53. The third-order valence-electron chi connectivity index (χ3n) is 3.76. The standard InChI is InChI=1S/C22H18N2O2/c1-26-20-14-8-9-17(15-20)16-23-24-21(18-10-4-2-5-11-18)22(25)19-12-6-3-7-13-19/h2-16H,1H3/b23-16-,24-21+. The molecule has 0 atom stereocenters. The molecule has 0 bridgehead atoms. The lowest BCUT2D eigenvalue weighted by Crippen LogP contribution is -2.15. The lowest BCUT2D eigenvalue weighted by Gasteiger charge is -2.04. The number of carbonyl (C=O) groups is 1. The van der Waals surface area contributed by atoms with Gasteiger partial charge in [0.05, 0.1) is 13.3 Å². The van der Waals surface area contributed by atoms with Crippen molar-refractivity contribution in [2.45, 2.75) is 0 Å². The molecular formula is C22H18N2O2. The van der Waals surface area contributed by atoms with E-state index in [1.54, 1.807) is 25.5 Å². The molecule has 0 spiro atoms. The van der Waals surface area contributed by atoms with Crippen molar-refractivity contribution >= 4 is 17.7 Å². The van der Waals surface area contributed by atoms with E-state index in [0.717, 1.165) is 16.9 Å². The third kappa shape index (κ3) is 4.30. The molecule has 3 rings (SSSR count). The molecule has 0 saturated heterocycles. The highest BCUT2D eigenvalue weighted by molar-refractivity contribution is 6.51. The molecule has 4 nitrogen and oxygen atoms in total. The van der Waals surface area contributed by atoms with Crippen LogP contribution in [-0.4, -0.2) is 24.8 Å². The monoisotopic (exact) mass is 342 g/mol. The average Bonchev–Trinajstić information content (AvgIpc) is 2.72. The maximum atomic E-state index is 12.9. The van der Waals surface area contributed by atoms with E-state index in [2.05, 4.69) is 10.2 Å². The fraction of sp³-hybridized carbons (Fsp3) is 0.0455. The van der Waals surface area contributed by atoms with Gasteiger partial charge in [0.25, 0.3) is 0 Å². The number of nitrogens with zero attached hydrogens (tertiary/aromatic N) is 2. The van der Waals surface area contributed by atoms with Crippen LogP contribution in [0.3, 0.4) is 0 Å². The smallest absolute Gasteiger partial charge is 0.213 e. The molecule has 0 aliphatic heterocycles. The van der Waals surface area contributed by atoms with Crippen molar-refractivity contribution in [2.24, 2.45) is 10.2 Å². The number of rotatable bonds is 6. The van der Waals surface area contributed by atoms with Gasteiger partial charge in [0.1, 0.15) is 11.5 Å². The summed E-state index contributed by atoms with van der Waals surface area (Å²) in [6.07, 6.45) is 1.60. The van der Waals surface area contributed by atoms with Crippen molar-refractivity contribution in [3.05, 3.63) is 102 Å². The lowest BCUT2D eigenvalue weighted by molar-refractivity contribution is 0.106. The maximum absolute atomic E-state index is 12.9. The SMILES string of the molecule is COc1cccc(/C=N\N=C(\C(=O)c2ccccc2)c2ccccc2)c1. The summed E-state index contributed by atoms with van der Waals surface area (Å²) in [5, 5.41) is 8.34. The van der Waals surface area contributed by atoms with Crippen LogP contribution in [0.15, 0.2) is 95.1 Å². The Morgan fingerprint density at radius 3 is 2.15 bits per heavy atom. The van der Waals surface area contributed by atoms with Crippen molar-refractivity contribution in [3.63, 3.8) is 0 Å². The Labute approximate surface area is 152 Å². The van der Waals surface area contributed by atoms with Crippen LogP contribution in [0.1, 0.15) is 21.5 Å². The predicted octanol–water partition coefficient (Wildman–Crippen LogP) is 4.40. The highest BCUT2D eigenvalue weighted by Gasteiger charge is 2.15. The second-order valence-corrected chi connectivity index (χ2v) is 5.53. The average molecular weight is 342 g/mol. The largest absolute Gasteiger partial charge is 0.497 e. The number of benzene rings is 3. The zero-order valence-corrected chi connectivity index (χ0v) is 14.4. The third-order valence-corrected chi connectivity index (χ3v) is 3.76. The van der Waals surface area contributed by atoms with Crippen LogP contribution in [0.25, 0.3) is 0 Å².